The summed E-state index contributed by atoms with van der Waals surface area (Å²) in [6, 6.07) is 0. The van der Waals surface area contributed by atoms with Gasteiger partial charge in [0.1, 0.15) is 0 Å². The Labute approximate surface area is 85.1 Å². The van der Waals surface area contributed by atoms with E-state index >= 15 is 0 Å². The maximum atomic E-state index is 9.93. The Bertz CT molecular complexity index is 151. The Morgan fingerprint density at radius 1 is 1.21 bits per heavy atom. The lowest BCUT2D eigenvalue weighted by molar-refractivity contribution is -0.211. The summed E-state index contributed by atoms with van der Waals surface area (Å²) in [6.45, 7) is 6.05. The second kappa shape index (κ2) is 7.73. The lowest BCUT2D eigenvalue weighted by Gasteiger charge is -2.25. The highest BCUT2D eigenvalue weighted by Crippen LogP contribution is 2.09. The van der Waals surface area contributed by atoms with Gasteiger partial charge < -0.3 is 20.1 Å². The zero-order valence-corrected chi connectivity index (χ0v) is 9.13. The minimum atomic E-state index is -0.596. The van der Waals surface area contributed by atoms with Gasteiger partial charge in [-0.25, -0.2) is 0 Å². The molecule has 84 valence electrons. The van der Waals surface area contributed by atoms with Gasteiger partial charge in [0.05, 0.1) is 13.2 Å². The van der Waals surface area contributed by atoms with E-state index in [1.54, 1.807) is 0 Å². The van der Waals surface area contributed by atoms with E-state index in [4.69, 9.17) is 9.47 Å². The first-order valence-corrected chi connectivity index (χ1v) is 4.72. The highest BCUT2D eigenvalue weighted by atomic mass is 16.7. The molecule has 0 fully saturated rings. The minimum Gasteiger partial charge on any atom is -0.356 e. The standard InChI is InChI=1S/C9H20N2O3/c1-9(2,13-6-4-10-3)14-7-5-11-8-12/h8,10H,4-7H2,1-3H3,(H,11,12). The molecule has 0 aromatic rings. The number of hydrogen-bond donors (Lipinski definition) is 2. The van der Waals surface area contributed by atoms with Crippen LogP contribution in [0.5, 0.6) is 0 Å². The van der Waals surface area contributed by atoms with Crippen LogP contribution in [-0.2, 0) is 14.3 Å². The summed E-state index contributed by atoms with van der Waals surface area (Å²) in [5.74, 6) is -0.596. The lowest BCUT2D eigenvalue weighted by atomic mass is 10.4. The molecule has 0 aliphatic rings. The summed E-state index contributed by atoms with van der Waals surface area (Å²) in [5.41, 5.74) is 0. The van der Waals surface area contributed by atoms with Gasteiger partial charge >= 0.3 is 0 Å². The summed E-state index contributed by atoms with van der Waals surface area (Å²) in [6.07, 6.45) is 0.651. The molecule has 0 bridgehead atoms. The number of amides is 1. The minimum absolute atomic E-state index is 0.450. The van der Waals surface area contributed by atoms with Crippen molar-refractivity contribution < 1.29 is 14.3 Å². The molecule has 14 heavy (non-hydrogen) atoms. The van der Waals surface area contributed by atoms with Crippen LogP contribution in [0.4, 0.5) is 0 Å². The van der Waals surface area contributed by atoms with Crippen molar-refractivity contribution in [1.82, 2.24) is 10.6 Å². The average Bonchev–Trinajstić information content (AvgIpc) is 2.13. The van der Waals surface area contributed by atoms with Crippen LogP contribution in [-0.4, -0.2) is 45.5 Å². The summed E-state index contributed by atoms with van der Waals surface area (Å²) in [4.78, 5) is 9.93. The molecule has 0 aliphatic heterocycles. The quantitative estimate of drug-likeness (QED) is 0.308. The average molecular weight is 204 g/mol. The third-order valence-corrected chi connectivity index (χ3v) is 1.58. The van der Waals surface area contributed by atoms with Crippen molar-refractivity contribution in [3.8, 4) is 0 Å². The number of carbonyl (C=O) groups excluding carboxylic acids is 1. The Morgan fingerprint density at radius 2 is 1.79 bits per heavy atom. The summed E-state index contributed by atoms with van der Waals surface area (Å²) < 4.78 is 10.9. The first-order valence-electron chi connectivity index (χ1n) is 4.72. The molecule has 0 unspecified atom stereocenters. The Balaban J connectivity index is 3.45. The fourth-order valence-corrected chi connectivity index (χ4v) is 0.855. The van der Waals surface area contributed by atoms with Crippen LogP contribution in [0.3, 0.4) is 0 Å². The molecule has 0 aliphatic carbocycles. The zero-order chi connectivity index (χ0) is 10.9. The highest BCUT2D eigenvalue weighted by molar-refractivity contribution is 5.45. The SMILES string of the molecule is CNCCOC(C)(C)OCCNC=O. The number of nitrogens with one attached hydrogen (secondary N) is 2. The molecular formula is C9H20N2O3. The molecule has 0 aromatic carbocycles. The van der Waals surface area contributed by atoms with Gasteiger partial charge in [-0.1, -0.05) is 0 Å². The molecule has 0 aromatic heterocycles. The van der Waals surface area contributed by atoms with E-state index in [2.05, 4.69) is 10.6 Å². The van der Waals surface area contributed by atoms with Crippen molar-refractivity contribution in [2.24, 2.45) is 0 Å². The van der Waals surface area contributed by atoms with Crippen molar-refractivity contribution >= 4 is 6.41 Å². The van der Waals surface area contributed by atoms with Gasteiger partial charge in [0.25, 0.3) is 0 Å². The van der Waals surface area contributed by atoms with Crippen molar-refractivity contribution in [3.63, 3.8) is 0 Å². The van der Waals surface area contributed by atoms with Crippen molar-refractivity contribution in [2.75, 3.05) is 33.4 Å². The lowest BCUT2D eigenvalue weighted by Crippen LogP contribution is -2.33. The van der Waals surface area contributed by atoms with Gasteiger partial charge in [-0.2, -0.15) is 0 Å². The van der Waals surface area contributed by atoms with E-state index in [1.165, 1.54) is 0 Å². The predicted octanol–water partition coefficient (Wildman–Crippen LogP) is -0.279. The Kier molecular flexibility index (Phi) is 7.37. The van der Waals surface area contributed by atoms with E-state index in [0.29, 0.717) is 26.2 Å². The third-order valence-electron chi connectivity index (χ3n) is 1.58. The van der Waals surface area contributed by atoms with Crippen molar-refractivity contribution in [3.05, 3.63) is 0 Å². The van der Waals surface area contributed by atoms with Crippen LogP contribution in [0.25, 0.3) is 0 Å². The fraction of sp³-hybridized carbons (Fsp3) is 0.889. The molecule has 0 rings (SSSR count). The molecule has 2 N–H and O–H groups in total. The molecule has 0 spiro atoms. The van der Waals surface area contributed by atoms with E-state index in [-0.39, 0.29) is 0 Å². The predicted molar refractivity (Wildman–Crippen MR) is 54.0 cm³/mol. The van der Waals surface area contributed by atoms with Gasteiger partial charge in [-0.3, -0.25) is 4.79 Å². The van der Waals surface area contributed by atoms with Crippen molar-refractivity contribution in [1.29, 1.82) is 0 Å². The molecule has 5 nitrogen and oxygen atoms in total. The van der Waals surface area contributed by atoms with Crippen LogP contribution < -0.4 is 10.6 Å². The van der Waals surface area contributed by atoms with Gasteiger partial charge in [0, 0.05) is 13.1 Å². The molecule has 1 amide bonds. The first-order chi connectivity index (χ1) is 6.62. The zero-order valence-electron chi connectivity index (χ0n) is 9.13. The second-order valence-corrected chi connectivity index (χ2v) is 3.27. The summed E-state index contributed by atoms with van der Waals surface area (Å²) in [7, 11) is 1.87. The number of rotatable bonds is 9. The Hall–Kier alpha value is -0.650. The molecular weight excluding hydrogens is 184 g/mol. The number of likely N-dealkylation sites (N-methyl/N-ethyl adjacent to an activating group) is 1. The molecule has 0 saturated carbocycles. The smallest absolute Gasteiger partial charge is 0.207 e. The number of carbonyl (C=O) groups is 1. The largest absolute Gasteiger partial charge is 0.356 e. The van der Waals surface area contributed by atoms with E-state index in [9.17, 15) is 4.79 Å². The van der Waals surface area contributed by atoms with Gasteiger partial charge in [0.15, 0.2) is 5.79 Å². The number of hydrogen-bond acceptors (Lipinski definition) is 4. The van der Waals surface area contributed by atoms with Crippen LogP contribution in [0, 0.1) is 0 Å². The normalized spacial score (nSPS) is 11.4. The summed E-state index contributed by atoms with van der Waals surface area (Å²) in [5, 5.41) is 5.49. The topological polar surface area (TPSA) is 59.6 Å². The van der Waals surface area contributed by atoms with E-state index in [0.717, 1.165) is 6.54 Å². The van der Waals surface area contributed by atoms with Crippen LogP contribution in [0.15, 0.2) is 0 Å². The monoisotopic (exact) mass is 204 g/mol. The molecule has 0 saturated heterocycles. The fourth-order valence-electron chi connectivity index (χ4n) is 0.855. The first kappa shape index (κ1) is 13.4. The van der Waals surface area contributed by atoms with Crippen LogP contribution in [0.1, 0.15) is 13.8 Å². The maximum absolute atomic E-state index is 9.93. The summed E-state index contributed by atoms with van der Waals surface area (Å²) >= 11 is 0. The van der Waals surface area contributed by atoms with E-state index < -0.39 is 5.79 Å². The molecule has 0 atom stereocenters. The second-order valence-electron chi connectivity index (χ2n) is 3.27. The third kappa shape index (κ3) is 7.97. The van der Waals surface area contributed by atoms with Gasteiger partial charge in [-0.15, -0.1) is 0 Å². The van der Waals surface area contributed by atoms with Crippen LogP contribution >= 0.6 is 0 Å². The maximum Gasteiger partial charge on any atom is 0.207 e. The van der Waals surface area contributed by atoms with Crippen molar-refractivity contribution in [2.45, 2.75) is 19.6 Å². The van der Waals surface area contributed by atoms with Gasteiger partial charge in [0.2, 0.25) is 6.41 Å². The Morgan fingerprint density at radius 3 is 2.29 bits per heavy atom. The molecule has 5 heteroatoms. The van der Waals surface area contributed by atoms with Gasteiger partial charge in [-0.05, 0) is 20.9 Å². The molecule has 0 heterocycles. The van der Waals surface area contributed by atoms with E-state index in [1.807, 2.05) is 20.9 Å². The van der Waals surface area contributed by atoms with Crippen LogP contribution in [0.2, 0.25) is 0 Å². The highest BCUT2D eigenvalue weighted by Gasteiger charge is 2.17. The molecule has 0 radical (unpaired) electrons. The number of ether oxygens (including phenoxy) is 2.